The molecule has 0 atom stereocenters. The number of sulfonamides is 1. The van der Waals surface area contributed by atoms with Crippen molar-refractivity contribution in [3.05, 3.63) is 90.8 Å². The summed E-state index contributed by atoms with van der Waals surface area (Å²) >= 11 is 0. The van der Waals surface area contributed by atoms with Crippen molar-refractivity contribution in [2.45, 2.75) is 17.4 Å². The van der Waals surface area contributed by atoms with Gasteiger partial charge in [-0.05, 0) is 42.5 Å². The molecule has 14 heteroatoms. The largest absolute Gasteiger partial charge is 0.573 e. The molecule has 3 aromatic carbocycles. The molecule has 4 aromatic rings. The highest BCUT2D eigenvalue weighted by Gasteiger charge is 2.34. The number of alkyl halides is 6. The lowest BCUT2D eigenvalue weighted by Gasteiger charge is -2.14. The van der Waals surface area contributed by atoms with Crippen LogP contribution in [0.25, 0.3) is 11.3 Å². The maximum absolute atomic E-state index is 13.0. The van der Waals surface area contributed by atoms with Gasteiger partial charge in [0.15, 0.2) is 0 Å². The van der Waals surface area contributed by atoms with E-state index in [1.54, 1.807) is 0 Å². The van der Waals surface area contributed by atoms with Gasteiger partial charge in [0.1, 0.15) is 22.8 Å². The van der Waals surface area contributed by atoms with Gasteiger partial charge < -0.3 is 10.1 Å². The molecule has 0 amide bonds. The summed E-state index contributed by atoms with van der Waals surface area (Å²) in [5, 5.41) is 2.77. The van der Waals surface area contributed by atoms with Gasteiger partial charge in [-0.15, -0.1) is 13.2 Å². The zero-order valence-electron chi connectivity index (χ0n) is 18.9. The smallest absolute Gasteiger partial charge is 0.404 e. The Labute approximate surface area is 212 Å². The van der Waals surface area contributed by atoms with Crippen LogP contribution in [0.15, 0.2) is 90.1 Å². The molecule has 0 spiro atoms. The third-order valence-corrected chi connectivity index (χ3v) is 6.35. The van der Waals surface area contributed by atoms with Gasteiger partial charge in [0.2, 0.25) is 0 Å². The van der Waals surface area contributed by atoms with Gasteiger partial charge in [0.25, 0.3) is 10.0 Å². The Morgan fingerprint density at radius 3 is 2.16 bits per heavy atom. The standard InChI is InChI=1S/C24H16F6N4O3S/c25-23(26,27)16-4-3-5-18(12-16)33-22-13-19(31-14-32-22)15-8-10-17(11-9-15)34-38(35,36)21-7-2-1-6-20(21)37-24(28,29)30/h1-14,34H,(H,31,32,33). The van der Waals surface area contributed by atoms with Crippen molar-refractivity contribution in [2.75, 3.05) is 10.0 Å². The zero-order valence-corrected chi connectivity index (χ0v) is 19.7. The number of hydrogen-bond donors (Lipinski definition) is 2. The summed E-state index contributed by atoms with van der Waals surface area (Å²) in [6, 6.07) is 16.1. The number of halogens is 6. The molecule has 1 aromatic heterocycles. The predicted octanol–water partition coefficient (Wildman–Crippen LogP) is 6.61. The number of benzene rings is 3. The van der Waals surface area contributed by atoms with Crippen LogP contribution < -0.4 is 14.8 Å². The van der Waals surface area contributed by atoms with Crippen LogP contribution in [0.3, 0.4) is 0 Å². The summed E-state index contributed by atoms with van der Waals surface area (Å²) in [5.74, 6) is -0.675. The van der Waals surface area contributed by atoms with Crippen LogP contribution >= 0.6 is 0 Å². The fraction of sp³-hybridized carbons (Fsp3) is 0.0833. The average molecular weight is 554 g/mol. The Morgan fingerprint density at radius 2 is 1.47 bits per heavy atom. The molecule has 0 aliphatic rings. The van der Waals surface area contributed by atoms with Crippen molar-refractivity contribution in [3.8, 4) is 17.0 Å². The zero-order chi connectivity index (χ0) is 27.6. The van der Waals surface area contributed by atoms with E-state index >= 15 is 0 Å². The van der Waals surface area contributed by atoms with Crippen LogP contribution in [0.1, 0.15) is 5.56 Å². The molecular weight excluding hydrogens is 538 g/mol. The van der Waals surface area contributed by atoms with Gasteiger partial charge in [-0.2, -0.15) is 13.2 Å². The first-order valence-corrected chi connectivity index (χ1v) is 12.0. The van der Waals surface area contributed by atoms with E-state index in [1.807, 2.05) is 0 Å². The second-order valence-corrected chi connectivity index (χ2v) is 9.32. The fourth-order valence-electron chi connectivity index (χ4n) is 3.31. The number of hydrogen-bond acceptors (Lipinski definition) is 6. The van der Waals surface area contributed by atoms with E-state index < -0.39 is 38.8 Å². The quantitative estimate of drug-likeness (QED) is 0.250. The number of aromatic nitrogens is 2. The number of nitrogens with zero attached hydrogens (tertiary/aromatic N) is 2. The van der Waals surface area contributed by atoms with Crippen LogP contribution in [0.4, 0.5) is 43.5 Å². The molecule has 4 rings (SSSR count). The van der Waals surface area contributed by atoms with Crippen molar-refractivity contribution in [3.63, 3.8) is 0 Å². The number of nitrogens with one attached hydrogen (secondary N) is 2. The van der Waals surface area contributed by atoms with E-state index in [1.165, 1.54) is 60.9 Å². The molecule has 0 saturated carbocycles. The average Bonchev–Trinajstić information content (AvgIpc) is 2.83. The summed E-state index contributed by atoms with van der Waals surface area (Å²) in [6.45, 7) is 0. The maximum Gasteiger partial charge on any atom is 0.573 e. The summed E-state index contributed by atoms with van der Waals surface area (Å²) in [7, 11) is -4.44. The van der Waals surface area contributed by atoms with E-state index in [0.717, 1.165) is 24.3 Å². The molecule has 2 N–H and O–H groups in total. The van der Waals surface area contributed by atoms with Crippen LogP contribution in [0.5, 0.6) is 5.75 Å². The minimum absolute atomic E-state index is 0.0481. The van der Waals surface area contributed by atoms with Crippen molar-refractivity contribution >= 4 is 27.2 Å². The third-order valence-electron chi connectivity index (χ3n) is 4.93. The summed E-state index contributed by atoms with van der Waals surface area (Å²) in [4.78, 5) is 7.40. The normalized spacial score (nSPS) is 12.2. The predicted molar refractivity (Wildman–Crippen MR) is 126 cm³/mol. The molecule has 0 unspecified atom stereocenters. The Morgan fingerprint density at radius 1 is 0.763 bits per heavy atom. The molecular formula is C24H16F6N4O3S. The van der Waals surface area contributed by atoms with Gasteiger partial charge in [0.05, 0.1) is 11.3 Å². The molecule has 0 radical (unpaired) electrons. The number of anilines is 3. The lowest BCUT2D eigenvalue weighted by molar-refractivity contribution is -0.275. The van der Waals surface area contributed by atoms with E-state index in [0.29, 0.717) is 11.3 Å². The van der Waals surface area contributed by atoms with Crippen molar-refractivity contribution < 1.29 is 39.5 Å². The van der Waals surface area contributed by atoms with Crippen LogP contribution in [0.2, 0.25) is 0 Å². The fourth-order valence-corrected chi connectivity index (χ4v) is 4.49. The van der Waals surface area contributed by atoms with Crippen molar-refractivity contribution in [1.29, 1.82) is 0 Å². The first-order valence-electron chi connectivity index (χ1n) is 10.5. The monoisotopic (exact) mass is 554 g/mol. The summed E-state index contributed by atoms with van der Waals surface area (Å²) < 4.78 is 108. The number of rotatable bonds is 7. The minimum atomic E-state index is -5.08. The first kappa shape index (κ1) is 26.7. The van der Waals surface area contributed by atoms with Crippen molar-refractivity contribution in [2.24, 2.45) is 0 Å². The molecule has 38 heavy (non-hydrogen) atoms. The number of para-hydroxylation sites is 1. The molecule has 198 valence electrons. The topological polar surface area (TPSA) is 93.2 Å². The molecule has 0 bridgehead atoms. The Kier molecular flexibility index (Phi) is 7.18. The van der Waals surface area contributed by atoms with Gasteiger partial charge in [-0.25, -0.2) is 18.4 Å². The highest BCUT2D eigenvalue weighted by atomic mass is 32.2. The maximum atomic E-state index is 13.0. The first-order chi connectivity index (χ1) is 17.8. The molecule has 0 aliphatic heterocycles. The Hall–Kier alpha value is -4.33. The second-order valence-electron chi connectivity index (χ2n) is 7.67. The molecule has 0 saturated heterocycles. The van der Waals surface area contributed by atoms with Crippen LogP contribution in [0, 0.1) is 0 Å². The molecule has 0 aliphatic carbocycles. The molecule has 1 heterocycles. The third kappa shape index (κ3) is 6.70. The highest BCUT2D eigenvalue weighted by Crippen LogP contribution is 2.33. The highest BCUT2D eigenvalue weighted by molar-refractivity contribution is 7.92. The van der Waals surface area contributed by atoms with Crippen molar-refractivity contribution in [1.82, 2.24) is 9.97 Å². The minimum Gasteiger partial charge on any atom is -0.404 e. The number of ether oxygens (including phenoxy) is 1. The summed E-state index contributed by atoms with van der Waals surface area (Å²) in [6.07, 6.45) is -8.40. The second kappa shape index (κ2) is 10.2. The van der Waals surface area contributed by atoms with E-state index in [9.17, 15) is 34.8 Å². The van der Waals surface area contributed by atoms with Gasteiger partial charge >= 0.3 is 12.5 Å². The molecule has 7 nitrogen and oxygen atoms in total. The van der Waals surface area contributed by atoms with Gasteiger partial charge in [-0.3, -0.25) is 4.72 Å². The van der Waals surface area contributed by atoms with Crippen LogP contribution in [-0.2, 0) is 16.2 Å². The summed E-state index contributed by atoms with van der Waals surface area (Å²) in [5.41, 5.74) is 0.245. The van der Waals surface area contributed by atoms with Gasteiger partial charge in [0, 0.05) is 23.0 Å². The van der Waals surface area contributed by atoms with Crippen LogP contribution in [-0.4, -0.2) is 24.7 Å². The van der Waals surface area contributed by atoms with E-state index in [2.05, 4.69) is 24.7 Å². The Balaban J connectivity index is 1.52. The lowest BCUT2D eigenvalue weighted by Crippen LogP contribution is -2.20. The van der Waals surface area contributed by atoms with Gasteiger partial charge in [-0.1, -0.05) is 30.3 Å². The van der Waals surface area contributed by atoms with E-state index in [4.69, 9.17) is 0 Å². The van der Waals surface area contributed by atoms with E-state index in [-0.39, 0.29) is 17.2 Å². The Bertz CT molecular complexity index is 1540. The SMILES string of the molecule is O=S(=O)(Nc1ccc(-c2cc(Nc3cccc(C(F)(F)F)c3)ncn2)cc1)c1ccccc1OC(F)(F)F. The lowest BCUT2D eigenvalue weighted by atomic mass is 10.1. The molecule has 0 fully saturated rings.